The minimum Gasteiger partial charge on any atom is -0.503 e. The minimum absolute atomic E-state index is 0.0223. The zero-order valence-corrected chi connectivity index (χ0v) is 21.3. The Bertz CT molecular complexity index is 1330. The summed E-state index contributed by atoms with van der Waals surface area (Å²) in [4.78, 5) is 35.3. The highest BCUT2D eigenvalue weighted by Crippen LogP contribution is 2.44. The van der Waals surface area contributed by atoms with Gasteiger partial charge in [0.1, 0.15) is 0 Å². The summed E-state index contributed by atoms with van der Waals surface area (Å²) in [6.45, 7) is 3.56. The molecule has 4 rings (SSSR count). The van der Waals surface area contributed by atoms with Gasteiger partial charge in [0.15, 0.2) is 17.3 Å². The quantitative estimate of drug-likeness (QED) is 0.480. The Labute approximate surface area is 208 Å². The zero-order valence-electron chi connectivity index (χ0n) is 20.4. The number of ether oxygens (including phenoxy) is 2. The number of benzene rings is 2. The number of methoxy groups -OCH3 is 2. The molecular weight excluding hydrogens is 466 g/mol. The Morgan fingerprint density at radius 1 is 1.06 bits per heavy atom. The van der Waals surface area contributed by atoms with Crippen LogP contribution < -0.4 is 19.3 Å². The van der Waals surface area contributed by atoms with E-state index in [9.17, 15) is 14.7 Å². The molecule has 9 heteroatoms. The molecule has 1 aliphatic rings. The summed E-state index contributed by atoms with van der Waals surface area (Å²) in [7, 11) is 6.89. The van der Waals surface area contributed by atoms with Gasteiger partial charge in [0.05, 0.1) is 41.4 Å². The Balaban J connectivity index is 1.89. The van der Waals surface area contributed by atoms with Gasteiger partial charge >= 0.3 is 0 Å². The first-order chi connectivity index (χ1) is 16.7. The SMILES string of the molecule is COc1ccc(N2C(=O)C(O)=C(C(=O)c3sc(C)nc3C)C2c2ccc(N(C)C)cc2)cc1OC. The molecule has 3 aromatic rings. The number of ketones is 1. The van der Waals surface area contributed by atoms with Crippen LogP contribution in [-0.2, 0) is 4.79 Å². The normalized spacial score (nSPS) is 15.5. The van der Waals surface area contributed by atoms with Crippen molar-refractivity contribution in [3.05, 3.63) is 74.9 Å². The number of carbonyl (C=O) groups excluding carboxylic acids is 2. The second-order valence-electron chi connectivity index (χ2n) is 8.34. The Morgan fingerprint density at radius 3 is 2.26 bits per heavy atom. The molecule has 0 spiro atoms. The standard InChI is InChI=1S/C26H27N3O5S/c1-14-25(35-15(2)27-14)23(30)21-22(16-7-9-17(10-8-16)28(3)4)29(26(32)24(21)31)18-11-12-19(33-5)20(13-18)34-6/h7-13,22,31H,1-6H3. The number of hydrogen-bond acceptors (Lipinski definition) is 8. The van der Waals surface area contributed by atoms with Gasteiger partial charge in [-0.3, -0.25) is 14.5 Å². The van der Waals surface area contributed by atoms with Crippen molar-refractivity contribution in [2.45, 2.75) is 19.9 Å². The topological polar surface area (TPSA) is 92.2 Å². The maximum atomic E-state index is 13.7. The molecule has 0 saturated heterocycles. The number of thiazole rings is 1. The monoisotopic (exact) mass is 493 g/mol. The van der Waals surface area contributed by atoms with Crippen LogP contribution in [0.2, 0.25) is 0 Å². The van der Waals surface area contributed by atoms with E-state index in [1.807, 2.05) is 50.2 Å². The van der Waals surface area contributed by atoms with Gasteiger partial charge in [-0.2, -0.15) is 0 Å². The second kappa shape index (κ2) is 9.42. The molecule has 1 amide bonds. The molecule has 2 aromatic carbocycles. The fourth-order valence-corrected chi connectivity index (χ4v) is 5.09. The molecule has 8 nitrogen and oxygen atoms in total. The number of Topliss-reactive ketones (excluding diaryl/α,β-unsaturated/α-hetero) is 1. The Hall–Kier alpha value is -3.85. The molecule has 2 heterocycles. The maximum Gasteiger partial charge on any atom is 0.294 e. The average Bonchev–Trinajstić information content (AvgIpc) is 3.33. The summed E-state index contributed by atoms with van der Waals surface area (Å²) in [5.41, 5.74) is 2.70. The third kappa shape index (κ3) is 4.23. The number of aryl methyl sites for hydroxylation is 2. The van der Waals surface area contributed by atoms with Gasteiger partial charge in [-0.25, -0.2) is 4.98 Å². The van der Waals surface area contributed by atoms with E-state index in [1.165, 1.54) is 30.5 Å². The number of rotatable bonds is 7. The zero-order chi connectivity index (χ0) is 25.4. The van der Waals surface area contributed by atoms with Crippen molar-refractivity contribution in [1.29, 1.82) is 0 Å². The second-order valence-corrected chi connectivity index (χ2v) is 9.54. The van der Waals surface area contributed by atoms with Crippen molar-refractivity contribution in [2.24, 2.45) is 0 Å². The van der Waals surface area contributed by atoms with E-state index in [0.717, 1.165) is 10.7 Å². The number of nitrogens with zero attached hydrogens (tertiary/aromatic N) is 3. The van der Waals surface area contributed by atoms with E-state index in [1.54, 1.807) is 25.1 Å². The lowest BCUT2D eigenvalue weighted by molar-refractivity contribution is -0.117. The van der Waals surface area contributed by atoms with E-state index in [4.69, 9.17) is 9.47 Å². The number of anilines is 2. The number of aliphatic hydroxyl groups excluding tert-OH is 1. The van der Waals surface area contributed by atoms with Gasteiger partial charge in [0, 0.05) is 31.5 Å². The summed E-state index contributed by atoms with van der Waals surface area (Å²) in [6.07, 6.45) is 0. The number of carbonyl (C=O) groups is 2. The van der Waals surface area contributed by atoms with Crippen LogP contribution in [0.3, 0.4) is 0 Å². The summed E-state index contributed by atoms with van der Waals surface area (Å²) < 4.78 is 10.8. The molecule has 0 fully saturated rings. The third-order valence-corrected chi connectivity index (χ3v) is 7.00. The Morgan fingerprint density at radius 2 is 1.71 bits per heavy atom. The van der Waals surface area contributed by atoms with Crippen LogP contribution >= 0.6 is 11.3 Å². The lowest BCUT2D eigenvalue weighted by atomic mass is 9.94. The molecule has 1 aromatic heterocycles. The number of hydrogen-bond donors (Lipinski definition) is 1. The van der Waals surface area contributed by atoms with Gasteiger partial charge in [0.2, 0.25) is 5.78 Å². The van der Waals surface area contributed by atoms with Crippen molar-refractivity contribution in [1.82, 2.24) is 4.98 Å². The van der Waals surface area contributed by atoms with Crippen LogP contribution in [0.15, 0.2) is 53.8 Å². The molecule has 0 saturated carbocycles. The highest BCUT2D eigenvalue weighted by Gasteiger charge is 2.45. The van der Waals surface area contributed by atoms with E-state index in [2.05, 4.69) is 4.98 Å². The van der Waals surface area contributed by atoms with Gasteiger partial charge in [-0.15, -0.1) is 11.3 Å². The third-order valence-electron chi connectivity index (χ3n) is 5.93. The van der Waals surface area contributed by atoms with Crippen molar-refractivity contribution >= 4 is 34.4 Å². The fraction of sp³-hybridized carbons (Fsp3) is 0.269. The molecule has 0 radical (unpaired) electrons. The molecule has 0 aliphatic carbocycles. The number of amides is 1. The highest BCUT2D eigenvalue weighted by molar-refractivity contribution is 7.14. The summed E-state index contributed by atoms with van der Waals surface area (Å²) in [5, 5.41) is 11.7. The van der Waals surface area contributed by atoms with Crippen LogP contribution in [-0.4, -0.2) is 50.1 Å². The molecule has 182 valence electrons. The molecule has 1 unspecified atom stereocenters. The van der Waals surface area contributed by atoms with Crippen molar-refractivity contribution < 1.29 is 24.2 Å². The van der Waals surface area contributed by atoms with Gasteiger partial charge in [-0.1, -0.05) is 12.1 Å². The van der Waals surface area contributed by atoms with Gasteiger partial charge in [-0.05, 0) is 43.7 Å². The predicted octanol–water partition coefficient (Wildman–Crippen LogP) is 4.63. The van der Waals surface area contributed by atoms with E-state index < -0.39 is 23.5 Å². The average molecular weight is 494 g/mol. The first kappa shape index (κ1) is 24.3. The van der Waals surface area contributed by atoms with Gasteiger partial charge < -0.3 is 19.5 Å². The largest absolute Gasteiger partial charge is 0.503 e. The number of aliphatic hydroxyl groups is 1. The Kier molecular flexibility index (Phi) is 6.53. The summed E-state index contributed by atoms with van der Waals surface area (Å²) in [6, 6.07) is 11.7. The molecule has 1 N–H and O–H groups in total. The lowest BCUT2D eigenvalue weighted by Gasteiger charge is -2.28. The van der Waals surface area contributed by atoms with Crippen molar-refractivity contribution in [2.75, 3.05) is 38.1 Å². The molecule has 0 bridgehead atoms. The van der Waals surface area contributed by atoms with Crippen molar-refractivity contribution in [3.8, 4) is 11.5 Å². The molecule has 1 aliphatic heterocycles. The van der Waals surface area contributed by atoms with E-state index in [0.29, 0.717) is 33.3 Å². The van der Waals surface area contributed by atoms with Crippen molar-refractivity contribution in [3.63, 3.8) is 0 Å². The van der Waals surface area contributed by atoms with E-state index >= 15 is 0 Å². The first-order valence-electron chi connectivity index (χ1n) is 10.9. The molecular formula is C26H27N3O5S. The van der Waals surface area contributed by atoms with Crippen LogP contribution in [0.5, 0.6) is 11.5 Å². The lowest BCUT2D eigenvalue weighted by Crippen LogP contribution is -2.31. The van der Waals surface area contributed by atoms with Crippen LogP contribution in [0.25, 0.3) is 0 Å². The minimum atomic E-state index is -0.842. The van der Waals surface area contributed by atoms with Gasteiger partial charge in [0.25, 0.3) is 5.91 Å². The first-order valence-corrected chi connectivity index (χ1v) is 11.7. The number of aromatic nitrogens is 1. The van der Waals surface area contributed by atoms with Crippen LogP contribution in [0.4, 0.5) is 11.4 Å². The summed E-state index contributed by atoms with van der Waals surface area (Å²) in [5.74, 6) is -0.728. The highest BCUT2D eigenvalue weighted by atomic mass is 32.1. The molecule has 1 atom stereocenters. The van der Waals surface area contributed by atoms with Crippen LogP contribution in [0.1, 0.15) is 32.0 Å². The van der Waals surface area contributed by atoms with Crippen LogP contribution in [0, 0.1) is 13.8 Å². The fourth-order valence-electron chi connectivity index (χ4n) is 4.21. The molecule has 35 heavy (non-hydrogen) atoms. The van der Waals surface area contributed by atoms with E-state index in [-0.39, 0.29) is 5.57 Å². The predicted molar refractivity (Wildman–Crippen MR) is 136 cm³/mol. The maximum absolute atomic E-state index is 13.7. The smallest absolute Gasteiger partial charge is 0.294 e. The summed E-state index contributed by atoms with van der Waals surface area (Å²) >= 11 is 1.25.